The van der Waals surface area contributed by atoms with E-state index in [9.17, 15) is 4.79 Å². The highest BCUT2D eigenvalue weighted by Crippen LogP contribution is 2.29. The number of hydrogen-bond acceptors (Lipinski definition) is 5. The lowest BCUT2D eigenvalue weighted by Crippen LogP contribution is -2.07. The second kappa shape index (κ2) is 8.96. The first-order chi connectivity index (χ1) is 16.1. The minimum atomic E-state index is 0.0532. The maximum atomic E-state index is 13.2. The van der Waals surface area contributed by atoms with Gasteiger partial charge in [-0.05, 0) is 56.3 Å². The largest absolute Gasteiger partial charge is 0.461 e. The molecule has 6 nitrogen and oxygen atoms in total. The van der Waals surface area contributed by atoms with Crippen LogP contribution in [0.1, 0.15) is 21.7 Å². The second-order valence-corrected chi connectivity index (χ2v) is 8.56. The molecule has 0 saturated carbocycles. The third kappa shape index (κ3) is 4.03. The van der Waals surface area contributed by atoms with Gasteiger partial charge in [-0.25, -0.2) is 0 Å². The van der Waals surface area contributed by atoms with E-state index < -0.39 is 0 Å². The number of rotatable bonds is 7. The van der Waals surface area contributed by atoms with E-state index in [2.05, 4.69) is 14.8 Å². The fourth-order valence-corrected chi connectivity index (χ4v) is 4.80. The van der Waals surface area contributed by atoms with Crippen LogP contribution in [-0.2, 0) is 0 Å². The van der Waals surface area contributed by atoms with Crippen LogP contribution in [0, 0.1) is 13.8 Å². The molecule has 5 aromatic rings. The van der Waals surface area contributed by atoms with Crippen molar-refractivity contribution in [3.05, 3.63) is 102 Å². The summed E-state index contributed by atoms with van der Waals surface area (Å²) in [7, 11) is 0. The number of aromatic nitrogens is 4. The first-order valence-corrected chi connectivity index (χ1v) is 11.6. The number of carbonyl (C=O) groups excluding carboxylic acids is 1. The predicted molar refractivity (Wildman–Crippen MR) is 129 cm³/mol. The summed E-state index contributed by atoms with van der Waals surface area (Å²) in [6, 6.07) is 25.5. The van der Waals surface area contributed by atoms with Crippen LogP contribution < -0.4 is 0 Å². The van der Waals surface area contributed by atoms with Gasteiger partial charge in [0.25, 0.3) is 0 Å². The molecule has 0 fully saturated rings. The molecule has 0 atom stereocenters. The van der Waals surface area contributed by atoms with E-state index >= 15 is 0 Å². The number of para-hydroxylation sites is 2. The van der Waals surface area contributed by atoms with Crippen molar-refractivity contribution in [1.29, 1.82) is 0 Å². The number of Topliss-reactive ketones (excluding diaryl/α,β-unsaturated/α-hetero) is 1. The highest BCUT2D eigenvalue weighted by molar-refractivity contribution is 7.99. The fraction of sp³-hybridized carbons (Fsp3) is 0.115. The van der Waals surface area contributed by atoms with Gasteiger partial charge in [-0.3, -0.25) is 9.36 Å². The minimum absolute atomic E-state index is 0.0532. The Hall–Kier alpha value is -3.84. The second-order valence-electron chi connectivity index (χ2n) is 7.62. The summed E-state index contributed by atoms with van der Waals surface area (Å²) in [6.07, 6.45) is 1.61. The summed E-state index contributed by atoms with van der Waals surface area (Å²) in [5, 5.41) is 9.35. The van der Waals surface area contributed by atoms with Crippen molar-refractivity contribution in [2.45, 2.75) is 19.0 Å². The highest BCUT2D eigenvalue weighted by Gasteiger charge is 2.21. The van der Waals surface area contributed by atoms with Crippen molar-refractivity contribution >= 4 is 17.5 Å². The van der Waals surface area contributed by atoms with Crippen molar-refractivity contribution in [3.63, 3.8) is 0 Å². The molecular formula is C26H22N4O2S. The van der Waals surface area contributed by atoms with Crippen molar-refractivity contribution in [2.24, 2.45) is 0 Å². The summed E-state index contributed by atoms with van der Waals surface area (Å²) in [5.74, 6) is 1.53. The Kier molecular flexibility index (Phi) is 5.71. The molecule has 7 heteroatoms. The van der Waals surface area contributed by atoms with Crippen LogP contribution in [0.2, 0.25) is 0 Å². The summed E-state index contributed by atoms with van der Waals surface area (Å²) in [6.45, 7) is 4.00. The van der Waals surface area contributed by atoms with Crippen LogP contribution in [0.15, 0.2) is 94.7 Å². The lowest BCUT2D eigenvalue weighted by Gasteiger charge is -2.10. The molecule has 2 aromatic carbocycles. The molecule has 3 heterocycles. The monoisotopic (exact) mass is 454 g/mol. The van der Waals surface area contributed by atoms with Gasteiger partial charge in [-0.1, -0.05) is 48.2 Å². The highest BCUT2D eigenvalue weighted by atomic mass is 32.2. The van der Waals surface area contributed by atoms with E-state index in [-0.39, 0.29) is 11.5 Å². The Morgan fingerprint density at radius 2 is 1.55 bits per heavy atom. The molecule has 33 heavy (non-hydrogen) atoms. The molecule has 5 rings (SSSR count). The van der Waals surface area contributed by atoms with Gasteiger partial charge < -0.3 is 8.98 Å². The van der Waals surface area contributed by atoms with Crippen molar-refractivity contribution < 1.29 is 9.21 Å². The number of thioether (sulfide) groups is 1. The zero-order chi connectivity index (χ0) is 22.8. The van der Waals surface area contributed by atoms with Crippen LogP contribution in [-0.4, -0.2) is 30.9 Å². The van der Waals surface area contributed by atoms with Crippen molar-refractivity contribution in [2.75, 3.05) is 5.75 Å². The fourth-order valence-electron chi connectivity index (χ4n) is 3.97. The van der Waals surface area contributed by atoms with Crippen LogP contribution >= 0.6 is 11.8 Å². The Bertz CT molecular complexity index is 1390. The summed E-state index contributed by atoms with van der Waals surface area (Å²) < 4.78 is 9.59. The van der Waals surface area contributed by atoms with Crippen molar-refractivity contribution in [3.8, 4) is 23.0 Å². The van der Waals surface area contributed by atoms with Gasteiger partial charge in [0.15, 0.2) is 16.7 Å². The molecule has 0 unspecified atom stereocenters. The number of furan rings is 1. The average Bonchev–Trinajstić information content (AvgIpc) is 3.57. The number of nitrogens with zero attached hydrogens (tertiary/aromatic N) is 4. The van der Waals surface area contributed by atoms with Gasteiger partial charge in [-0.2, -0.15) is 0 Å². The smallest absolute Gasteiger partial charge is 0.205 e. The molecule has 0 aliphatic carbocycles. The summed E-state index contributed by atoms with van der Waals surface area (Å²) >= 11 is 1.37. The number of aryl methyl sites for hydroxylation is 1. The Morgan fingerprint density at radius 1 is 0.879 bits per heavy atom. The van der Waals surface area contributed by atoms with Crippen LogP contribution in [0.3, 0.4) is 0 Å². The van der Waals surface area contributed by atoms with Gasteiger partial charge in [0, 0.05) is 28.3 Å². The Labute approximate surface area is 195 Å². The standard InChI is InChI=1S/C26H22N4O2S/c1-18-16-22(19(2)29(18)20-10-5-3-6-11-20)23(31)17-33-26-28-27-25(24-14-9-15-32-24)30(26)21-12-7-4-8-13-21/h3-16H,17H2,1-2H3. The molecule has 0 spiro atoms. The third-order valence-corrected chi connectivity index (χ3v) is 6.40. The predicted octanol–water partition coefficient (Wildman–Crippen LogP) is 5.91. The van der Waals surface area contributed by atoms with Gasteiger partial charge in [-0.15, -0.1) is 10.2 Å². The van der Waals surface area contributed by atoms with Gasteiger partial charge >= 0.3 is 0 Å². The normalized spacial score (nSPS) is 11.1. The molecule has 164 valence electrons. The molecule has 3 aromatic heterocycles. The minimum Gasteiger partial charge on any atom is -0.461 e. The third-order valence-electron chi connectivity index (χ3n) is 5.47. The number of benzene rings is 2. The number of hydrogen-bond donors (Lipinski definition) is 0. The molecule has 0 radical (unpaired) electrons. The maximum Gasteiger partial charge on any atom is 0.205 e. The van der Waals surface area contributed by atoms with Crippen LogP contribution in [0.5, 0.6) is 0 Å². The molecule has 0 aliphatic rings. The molecule has 0 saturated heterocycles. The molecule has 0 N–H and O–H groups in total. The quantitative estimate of drug-likeness (QED) is 0.226. The van der Waals surface area contributed by atoms with E-state index in [1.54, 1.807) is 6.26 Å². The lowest BCUT2D eigenvalue weighted by molar-refractivity contribution is 0.102. The van der Waals surface area contributed by atoms with Crippen LogP contribution in [0.25, 0.3) is 23.0 Å². The average molecular weight is 455 g/mol. The lowest BCUT2D eigenvalue weighted by atomic mass is 10.2. The number of carbonyl (C=O) groups is 1. The van der Waals surface area contributed by atoms with Crippen LogP contribution in [0.4, 0.5) is 0 Å². The summed E-state index contributed by atoms with van der Waals surface area (Å²) in [5.41, 5.74) is 4.64. The number of ketones is 1. The molecule has 0 aliphatic heterocycles. The zero-order valence-electron chi connectivity index (χ0n) is 18.3. The van der Waals surface area contributed by atoms with E-state index in [1.807, 2.05) is 97.3 Å². The van der Waals surface area contributed by atoms with Crippen molar-refractivity contribution in [1.82, 2.24) is 19.3 Å². The van der Waals surface area contributed by atoms with E-state index in [4.69, 9.17) is 4.42 Å². The topological polar surface area (TPSA) is 65.8 Å². The molecule has 0 bridgehead atoms. The first-order valence-electron chi connectivity index (χ1n) is 10.6. The molecule has 0 amide bonds. The zero-order valence-corrected chi connectivity index (χ0v) is 19.1. The van der Waals surface area contributed by atoms with E-state index in [0.29, 0.717) is 16.7 Å². The van der Waals surface area contributed by atoms with Gasteiger partial charge in [0.1, 0.15) is 0 Å². The summed E-state index contributed by atoms with van der Waals surface area (Å²) in [4.78, 5) is 13.2. The SMILES string of the molecule is Cc1cc(C(=O)CSc2nnc(-c3ccco3)n2-c2ccccc2)c(C)n1-c1ccccc1. The molecular weight excluding hydrogens is 432 g/mol. The van der Waals surface area contributed by atoms with E-state index in [1.165, 1.54) is 11.8 Å². The maximum absolute atomic E-state index is 13.2. The van der Waals surface area contributed by atoms with E-state index in [0.717, 1.165) is 28.3 Å². The van der Waals surface area contributed by atoms with Gasteiger partial charge in [0.2, 0.25) is 5.82 Å². The Morgan fingerprint density at radius 3 is 2.18 bits per heavy atom. The first kappa shape index (κ1) is 21.0. The van der Waals surface area contributed by atoms with Gasteiger partial charge in [0.05, 0.1) is 12.0 Å². The Balaban J connectivity index is 1.43.